The second-order valence-corrected chi connectivity index (χ2v) is 5.49. The Morgan fingerprint density at radius 1 is 1.06 bits per heavy atom. The standard InChI is InChI=1S/C15H22N2O/c18-15(13-4-2-1-3-5-13)12-16-8-10-17(11-9-16)14-6-7-14/h1-5,14-15,18H,6-12H2. The molecule has 1 atom stereocenters. The smallest absolute Gasteiger partial charge is 0.0916 e. The number of benzene rings is 1. The van der Waals surface area contributed by atoms with E-state index in [0.29, 0.717) is 0 Å². The fourth-order valence-electron chi connectivity index (χ4n) is 2.78. The second-order valence-electron chi connectivity index (χ2n) is 5.49. The van der Waals surface area contributed by atoms with Crippen LogP contribution >= 0.6 is 0 Å². The lowest BCUT2D eigenvalue weighted by atomic mass is 10.1. The highest BCUT2D eigenvalue weighted by atomic mass is 16.3. The van der Waals surface area contributed by atoms with E-state index in [9.17, 15) is 5.11 Å². The molecule has 1 unspecified atom stereocenters. The molecule has 98 valence electrons. The van der Waals surface area contributed by atoms with E-state index < -0.39 is 0 Å². The van der Waals surface area contributed by atoms with E-state index in [2.05, 4.69) is 9.80 Å². The van der Waals surface area contributed by atoms with E-state index in [-0.39, 0.29) is 6.10 Å². The summed E-state index contributed by atoms with van der Waals surface area (Å²) in [6.07, 6.45) is 2.44. The SMILES string of the molecule is OC(CN1CCN(C2CC2)CC1)c1ccccc1. The van der Waals surface area contributed by atoms with Gasteiger partial charge in [-0.2, -0.15) is 0 Å². The third-order valence-corrected chi connectivity index (χ3v) is 4.09. The Balaban J connectivity index is 1.48. The first kappa shape index (κ1) is 12.2. The van der Waals surface area contributed by atoms with Crippen molar-refractivity contribution in [2.75, 3.05) is 32.7 Å². The maximum absolute atomic E-state index is 10.2. The fraction of sp³-hybridized carbons (Fsp3) is 0.600. The Hall–Kier alpha value is -0.900. The molecule has 1 saturated heterocycles. The molecule has 0 aromatic heterocycles. The van der Waals surface area contributed by atoms with Crippen molar-refractivity contribution in [1.82, 2.24) is 9.80 Å². The first-order valence-corrected chi connectivity index (χ1v) is 7.02. The van der Waals surface area contributed by atoms with Gasteiger partial charge in [0.1, 0.15) is 0 Å². The van der Waals surface area contributed by atoms with E-state index in [1.165, 1.54) is 25.9 Å². The summed E-state index contributed by atoms with van der Waals surface area (Å²) in [5.74, 6) is 0. The molecular formula is C15H22N2O. The van der Waals surface area contributed by atoms with Crippen LogP contribution in [0.25, 0.3) is 0 Å². The topological polar surface area (TPSA) is 26.7 Å². The molecule has 1 aromatic rings. The lowest BCUT2D eigenvalue weighted by Gasteiger charge is -2.35. The van der Waals surface area contributed by atoms with E-state index in [1.807, 2.05) is 30.3 Å². The van der Waals surface area contributed by atoms with Gasteiger partial charge in [-0.1, -0.05) is 30.3 Å². The summed E-state index contributed by atoms with van der Waals surface area (Å²) >= 11 is 0. The quantitative estimate of drug-likeness (QED) is 0.872. The molecule has 0 radical (unpaired) electrons. The summed E-state index contributed by atoms with van der Waals surface area (Å²) in [6, 6.07) is 10.9. The van der Waals surface area contributed by atoms with Crippen LogP contribution in [0.4, 0.5) is 0 Å². The third-order valence-electron chi connectivity index (χ3n) is 4.09. The van der Waals surface area contributed by atoms with Crippen LogP contribution in [0.15, 0.2) is 30.3 Å². The molecule has 0 bridgehead atoms. The summed E-state index contributed by atoms with van der Waals surface area (Å²) in [4.78, 5) is 4.99. The minimum absolute atomic E-state index is 0.348. The van der Waals surface area contributed by atoms with Crippen molar-refractivity contribution in [1.29, 1.82) is 0 Å². The van der Waals surface area contributed by atoms with Crippen molar-refractivity contribution in [2.45, 2.75) is 25.0 Å². The second kappa shape index (κ2) is 5.39. The molecule has 1 saturated carbocycles. The van der Waals surface area contributed by atoms with E-state index >= 15 is 0 Å². The summed E-state index contributed by atoms with van der Waals surface area (Å²) in [7, 11) is 0. The molecule has 1 aromatic carbocycles. The Kier molecular flexibility index (Phi) is 3.64. The molecule has 0 spiro atoms. The molecule has 1 aliphatic heterocycles. The van der Waals surface area contributed by atoms with E-state index in [4.69, 9.17) is 0 Å². The van der Waals surface area contributed by atoms with Crippen LogP contribution < -0.4 is 0 Å². The molecule has 18 heavy (non-hydrogen) atoms. The highest BCUT2D eigenvalue weighted by Gasteiger charge is 2.31. The van der Waals surface area contributed by atoms with Crippen molar-refractivity contribution >= 4 is 0 Å². The van der Waals surface area contributed by atoms with Gasteiger partial charge >= 0.3 is 0 Å². The minimum Gasteiger partial charge on any atom is -0.387 e. The zero-order valence-corrected chi connectivity index (χ0v) is 10.8. The Morgan fingerprint density at radius 2 is 1.72 bits per heavy atom. The van der Waals surface area contributed by atoms with E-state index in [1.54, 1.807) is 0 Å². The molecular weight excluding hydrogens is 224 g/mol. The number of hydrogen-bond acceptors (Lipinski definition) is 3. The maximum Gasteiger partial charge on any atom is 0.0916 e. The molecule has 3 rings (SSSR count). The third kappa shape index (κ3) is 2.91. The summed E-state index contributed by atoms with van der Waals surface area (Å²) in [5.41, 5.74) is 1.03. The highest BCUT2D eigenvalue weighted by molar-refractivity contribution is 5.17. The summed E-state index contributed by atoms with van der Waals surface area (Å²) in [6.45, 7) is 5.31. The van der Waals surface area contributed by atoms with Gasteiger partial charge in [0.2, 0.25) is 0 Å². The molecule has 0 amide bonds. The van der Waals surface area contributed by atoms with Gasteiger partial charge in [-0.15, -0.1) is 0 Å². The molecule has 2 aliphatic rings. The fourth-order valence-corrected chi connectivity index (χ4v) is 2.78. The largest absolute Gasteiger partial charge is 0.387 e. The Bertz CT molecular complexity index is 369. The number of aliphatic hydroxyl groups excluding tert-OH is 1. The monoisotopic (exact) mass is 246 g/mol. The average molecular weight is 246 g/mol. The average Bonchev–Trinajstić information content (AvgIpc) is 3.25. The number of rotatable bonds is 4. The number of aliphatic hydroxyl groups is 1. The van der Waals surface area contributed by atoms with Gasteiger partial charge in [0.15, 0.2) is 0 Å². The zero-order chi connectivity index (χ0) is 12.4. The number of hydrogen-bond donors (Lipinski definition) is 1. The van der Waals surface area contributed by atoms with Gasteiger partial charge in [0.05, 0.1) is 6.10 Å². The Labute approximate surface area is 109 Å². The van der Waals surface area contributed by atoms with Crippen molar-refractivity contribution in [3.8, 4) is 0 Å². The predicted molar refractivity (Wildman–Crippen MR) is 72.4 cm³/mol. The van der Waals surface area contributed by atoms with Gasteiger partial charge in [0, 0.05) is 38.8 Å². The molecule has 1 aliphatic carbocycles. The number of nitrogens with zero attached hydrogens (tertiary/aromatic N) is 2. The normalized spacial score (nSPS) is 24.1. The minimum atomic E-state index is -0.348. The lowest BCUT2D eigenvalue weighted by Crippen LogP contribution is -2.48. The van der Waals surface area contributed by atoms with Gasteiger partial charge < -0.3 is 5.11 Å². The lowest BCUT2D eigenvalue weighted by molar-refractivity contribution is 0.0700. The number of β-amino-alcohol motifs (C(OH)–C–C–N with tert-alkyl or cyclic N) is 1. The predicted octanol–water partition coefficient (Wildman–Crippen LogP) is 1.50. The van der Waals surface area contributed by atoms with Crippen LogP contribution in [-0.2, 0) is 0 Å². The molecule has 3 nitrogen and oxygen atoms in total. The van der Waals surface area contributed by atoms with Gasteiger partial charge in [0.25, 0.3) is 0 Å². The van der Waals surface area contributed by atoms with Gasteiger partial charge in [-0.3, -0.25) is 9.80 Å². The molecule has 3 heteroatoms. The van der Waals surface area contributed by atoms with Gasteiger partial charge in [-0.05, 0) is 18.4 Å². The molecule has 1 heterocycles. The zero-order valence-electron chi connectivity index (χ0n) is 10.8. The van der Waals surface area contributed by atoms with Crippen LogP contribution in [0.2, 0.25) is 0 Å². The number of piperazine rings is 1. The summed E-state index contributed by atoms with van der Waals surface area (Å²) < 4.78 is 0. The summed E-state index contributed by atoms with van der Waals surface area (Å²) in [5, 5.41) is 10.2. The maximum atomic E-state index is 10.2. The van der Waals surface area contributed by atoms with Crippen molar-refractivity contribution in [2.24, 2.45) is 0 Å². The van der Waals surface area contributed by atoms with Gasteiger partial charge in [-0.25, -0.2) is 0 Å². The van der Waals surface area contributed by atoms with Crippen LogP contribution in [0, 0.1) is 0 Å². The van der Waals surface area contributed by atoms with Crippen molar-refractivity contribution in [3.05, 3.63) is 35.9 Å². The van der Waals surface area contributed by atoms with E-state index in [0.717, 1.165) is 31.2 Å². The van der Waals surface area contributed by atoms with Crippen LogP contribution in [-0.4, -0.2) is 53.7 Å². The van der Waals surface area contributed by atoms with Crippen molar-refractivity contribution in [3.63, 3.8) is 0 Å². The highest BCUT2D eigenvalue weighted by Crippen LogP contribution is 2.27. The van der Waals surface area contributed by atoms with Crippen molar-refractivity contribution < 1.29 is 5.11 Å². The first-order chi connectivity index (χ1) is 8.83. The van der Waals surface area contributed by atoms with Crippen LogP contribution in [0.5, 0.6) is 0 Å². The van der Waals surface area contributed by atoms with Crippen LogP contribution in [0.1, 0.15) is 24.5 Å². The Morgan fingerprint density at radius 3 is 2.33 bits per heavy atom. The first-order valence-electron chi connectivity index (χ1n) is 7.02. The molecule has 2 fully saturated rings. The molecule has 1 N–H and O–H groups in total. The van der Waals surface area contributed by atoms with Crippen LogP contribution in [0.3, 0.4) is 0 Å².